The minimum absolute atomic E-state index is 0.138. The van der Waals surface area contributed by atoms with Crippen LogP contribution in [0, 0.1) is 0 Å². The molecule has 1 heterocycles. The molecule has 7 heteroatoms. The molecule has 1 saturated heterocycles. The summed E-state index contributed by atoms with van der Waals surface area (Å²) in [6, 6.07) is 4.81. The third-order valence-corrected chi connectivity index (χ3v) is 6.38. The molecule has 1 aliphatic heterocycles. The van der Waals surface area contributed by atoms with Gasteiger partial charge in [0, 0.05) is 24.8 Å². The monoisotopic (exact) mass is 331 g/mol. The third-order valence-electron chi connectivity index (χ3n) is 4.03. The van der Waals surface area contributed by atoms with Gasteiger partial charge in [0.1, 0.15) is 4.90 Å². The van der Waals surface area contributed by atoms with Gasteiger partial charge in [-0.2, -0.15) is 4.31 Å². The maximum absolute atomic E-state index is 12.7. The summed E-state index contributed by atoms with van der Waals surface area (Å²) in [6.45, 7) is 7.10. The van der Waals surface area contributed by atoms with Crippen LogP contribution in [-0.2, 0) is 10.0 Å². The maximum atomic E-state index is 12.7. The van der Waals surface area contributed by atoms with Crippen molar-refractivity contribution in [1.29, 1.82) is 0 Å². The van der Waals surface area contributed by atoms with E-state index in [1.54, 1.807) is 6.07 Å². The second kappa shape index (κ2) is 6.52. The Bertz CT molecular complexity index is 602. The molecule has 1 aromatic carbocycles. The van der Waals surface area contributed by atoms with Crippen LogP contribution in [0.25, 0.3) is 0 Å². The Labute approximate surface area is 131 Å². The van der Waals surface area contributed by atoms with Crippen LogP contribution in [0.3, 0.4) is 0 Å². The zero-order chi connectivity index (χ0) is 15.6. The van der Waals surface area contributed by atoms with Crippen molar-refractivity contribution in [1.82, 2.24) is 9.21 Å². The summed E-state index contributed by atoms with van der Waals surface area (Å²) in [5.41, 5.74) is 6.08. The zero-order valence-corrected chi connectivity index (χ0v) is 14.0. The number of benzene rings is 1. The van der Waals surface area contributed by atoms with Crippen molar-refractivity contribution < 1.29 is 8.42 Å². The smallest absolute Gasteiger partial charge is 0.244 e. The molecule has 2 N–H and O–H groups in total. The standard InChI is InChI=1S/C14H22ClN3O2S/c1-3-17(4-2)12-7-8-18(10-12)21(19,20)14-6-5-11(16)9-13(14)15/h5-6,9,12H,3-4,7-8,10,16H2,1-2H3. The van der Waals surface area contributed by atoms with Crippen LogP contribution < -0.4 is 5.73 Å². The molecular weight excluding hydrogens is 310 g/mol. The van der Waals surface area contributed by atoms with Crippen LogP contribution in [-0.4, -0.2) is 49.8 Å². The largest absolute Gasteiger partial charge is 0.399 e. The number of nitrogens with two attached hydrogens (primary N) is 1. The molecule has 0 aromatic heterocycles. The van der Waals surface area contributed by atoms with E-state index in [9.17, 15) is 8.42 Å². The number of anilines is 1. The number of halogens is 1. The first-order chi connectivity index (χ1) is 9.90. The van der Waals surface area contributed by atoms with Gasteiger partial charge < -0.3 is 5.73 Å². The molecule has 1 aromatic rings. The molecule has 0 saturated carbocycles. The number of rotatable bonds is 5. The first-order valence-corrected chi connectivity index (χ1v) is 9.01. The molecule has 21 heavy (non-hydrogen) atoms. The first kappa shape index (κ1) is 16.5. The second-order valence-corrected chi connectivity index (χ2v) is 7.53. The van der Waals surface area contributed by atoms with Crippen molar-refractivity contribution in [3.8, 4) is 0 Å². The lowest BCUT2D eigenvalue weighted by Gasteiger charge is -2.26. The van der Waals surface area contributed by atoms with Crippen LogP contribution in [0.15, 0.2) is 23.1 Å². The van der Waals surface area contributed by atoms with Gasteiger partial charge in [-0.1, -0.05) is 25.4 Å². The van der Waals surface area contributed by atoms with Crippen LogP contribution in [0.2, 0.25) is 5.02 Å². The lowest BCUT2D eigenvalue weighted by molar-refractivity contribution is 0.224. The number of hydrogen-bond donors (Lipinski definition) is 1. The van der Waals surface area contributed by atoms with E-state index in [-0.39, 0.29) is 16.0 Å². The van der Waals surface area contributed by atoms with Gasteiger partial charge in [0.05, 0.1) is 5.02 Å². The molecule has 0 spiro atoms. The Balaban J connectivity index is 2.22. The van der Waals surface area contributed by atoms with Gasteiger partial charge in [0.25, 0.3) is 0 Å². The molecule has 0 radical (unpaired) electrons. The fourth-order valence-corrected chi connectivity index (χ4v) is 4.85. The van der Waals surface area contributed by atoms with Gasteiger partial charge in [-0.3, -0.25) is 4.90 Å². The lowest BCUT2D eigenvalue weighted by Crippen LogP contribution is -2.38. The summed E-state index contributed by atoms with van der Waals surface area (Å²) < 4.78 is 26.9. The lowest BCUT2D eigenvalue weighted by atomic mass is 10.2. The van der Waals surface area contributed by atoms with E-state index in [1.165, 1.54) is 16.4 Å². The van der Waals surface area contributed by atoms with Gasteiger partial charge in [0.2, 0.25) is 10.0 Å². The van der Waals surface area contributed by atoms with Crippen molar-refractivity contribution >= 4 is 27.3 Å². The van der Waals surface area contributed by atoms with Crippen molar-refractivity contribution in [2.24, 2.45) is 0 Å². The number of sulfonamides is 1. The van der Waals surface area contributed by atoms with Crippen LogP contribution in [0.5, 0.6) is 0 Å². The summed E-state index contributed by atoms with van der Waals surface area (Å²) >= 11 is 6.05. The first-order valence-electron chi connectivity index (χ1n) is 7.19. The average molecular weight is 332 g/mol. The summed E-state index contributed by atoms with van der Waals surface area (Å²) in [4.78, 5) is 2.43. The van der Waals surface area contributed by atoms with Gasteiger partial charge in [-0.05, 0) is 37.7 Å². The Morgan fingerprint density at radius 2 is 2.05 bits per heavy atom. The van der Waals surface area contributed by atoms with Crippen molar-refractivity contribution in [2.45, 2.75) is 31.2 Å². The highest BCUT2D eigenvalue weighted by Gasteiger charge is 2.35. The average Bonchev–Trinajstić information content (AvgIpc) is 2.90. The molecule has 1 atom stereocenters. The second-order valence-electron chi connectivity index (χ2n) is 5.22. The van der Waals surface area contributed by atoms with E-state index in [2.05, 4.69) is 18.7 Å². The van der Waals surface area contributed by atoms with Crippen molar-refractivity contribution in [3.05, 3.63) is 23.2 Å². The van der Waals surface area contributed by atoms with Crippen molar-refractivity contribution in [3.63, 3.8) is 0 Å². The molecule has 5 nitrogen and oxygen atoms in total. The molecule has 1 aliphatic rings. The predicted octanol–water partition coefficient (Wildman–Crippen LogP) is 2.03. The van der Waals surface area contributed by atoms with Crippen LogP contribution in [0.1, 0.15) is 20.3 Å². The van der Waals surface area contributed by atoms with E-state index >= 15 is 0 Å². The van der Waals surface area contributed by atoms with E-state index < -0.39 is 10.0 Å². The molecule has 118 valence electrons. The number of nitrogen functional groups attached to an aromatic ring is 1. The predicted molar refractivity (Wildman–Crippen MR) is 85.9 cm³/mol. The fraction of sp³-hybridized carbons (Fsp3) is 0.571. The van der Waals surface area contributed by atoms with E-state index in [4.69, 9.17) is 17.3 Å². The summed E-state index contributed by atoms with van der Waals surface area (Å²) in [6.07, 6.45) is 0.855. The molecule has 1 fully saturated rings. The highest BCUT2D eigenvalue weighted by Crippen LogP contribution is 2.29. The normalized spacial score (nSPS) is 20.3. The Morgan fingerprint density at radius 1 is 1.38 bits per heavy atom. The van der Waals surface area contributed by atoms with Crippen molar-refractivity contribution in [2.75, 3.05) is 31.9 Å². The van der Waals surface area contributed by atoms with Gasteiger partial charge in [0.15, 0.2) is 0 Å². The highest BCUT2D eigenvalue weighted by atomic mass is 35.5. The Kier molecular flexibility index (Phi) is 5.14. The number of hydrogen-bond acceptors (Lipinski definition) is 4. The van der Waals surface area contributed by atoms with E-state index in [0.29, 0.717) is 18.8 Å². The summed E-state index contributed by atoms with van der Waals surface area (Å²) in [7, 11) is -3.55. The molecule has 0 amide bonds. The fourth-order valence-electron chi connectivity index (χ4n) is 2.83. The Hall–Kier alpha value is -0.820. The van der Waals surface area contributed by atoms with Gasteiger partial charge in [-0.25, -0.2) is 8.42 Å². The van der Waals surface area contributed by atoms with Gasteiger partial charge >= 0.3 is 0 Å². The minimum atomic E-state index is -3.55. The maximum Gasteiger partial charge on any atom is 0.244 e. The topological polar surface area (TPSA) is 66.6 Å². The highest BCUT2D eigenvalue weighted by molar-refractivity contribution is 7.89. The molecular formula is C14H22ClN3O2S. The molecule has 2 rings (SSSR count). The number of nitrogens with zero attached hydrogens (tertiary/aromatic N) is 2. The zero-order valence-electron chi connectivity index (χ0n) is 12.4. The molecule has 0 bridgehead atoms. The molecule has 1 unspecified atom stereocenters. The minimum Gasteiger partial charge on any atom is -0.399 e. The Morgan fingerprint density at radius 3 is 2.62 bits per heavy atom. The van der Waals surface area contributed by atoms with E-state index in [1.807, 2.05) is 0 Å². The SMILES string of the molecule is CCN(CC)C1CCN(S(=O)(=O)c2ccc(N)cc2Cl)C1. The van der Waals surface area contributed by atoms with E-state index in [0.717, 1.165) is 19.5 Å². The summed E-state index contributed by atoms with van der Waals surface area (Å²) in [5, 5.41) is 0.182. The third kappa shape index (κ3) is 3.34. The van der Waals surface area contributed by atoms with Crippen LogP contribution >= 0.6 is 11.6 Å². The van der Waals surface area contributed by atoms with Crippen LogP contribution in [0.4, 0.5) is 5.69 Å². The quantitative estimate of drug-likeness (QED) is 0.838. The number of likely N-dealkylation sites (N-methyl/N-ethyl adjacent to an activating group) is 1. The molecule has 0 aliphatic carbocycles. The van der Waals surface area contributed by atoms with Gasteiger partial charge in [-0.15, -0.1) is 0 Å². The summed E-state index contributed by atoms with van der Waals surface area (Å²) in [5.74, 6) is 0.